The fourth-order valence-corrected chi connectivity index (χ4v) is 2.74. The predicted octanol–water partition coefficient (Wildman–Crippen LogP) is 3.87. The molecule has 0 radical (unpaired) electrons. The molecular formula is C17H13FN4. The van der Waals surface area contributed by atoms with Crippen molar-refractivity contribution in [3.8, 4) is 11.3 Å². The monoisotopic (exact) mass is 292 g/mol. The van der Waals surface area contributed by atoms with Crippen molar-refractivity contribution < 1.29 is 4.39 Å². The molecule has 0 unspecified atom stereocenters. The molecule has 0 fully saturated rings. The zero-order valence-corrected chi connectivity index (χ0v) is 12.0. The highest BCUT2D eigenvalue weighted by Gasteiger charge is 2.11. The summed E-state index contributed by atoms with van der Waals surface area (Å²) >= 11 is 0. The Morgan fingerprint density at radius 3 is 2.82 bits per heavy atom. The molecule has 0 saturated heterocycles. The minimum absolute atomic E-state index is 0.460. The van der Waals surface area contributed by atoms with E-state index in [0.717, 1.165) is 33.2 Å². The lowest BCUT2D eigenvalue weighted by Crippen LogP contribution is -1.96. The number of halogens is 1. The van der Waals surface area contributed by atoms with E-state index in [1.807, 2.05) is 31.3 Å². The first-order valence-corrected chi connectivity index (χ1v) is 7.14. The van der Waals surface area contributed by atoms with Crippen molar-refractivity contribution in [1.29, 1.82) is 0 Å². The van der Waals surface area contributed by atoms with Crippen molar-refractivity contribution in [2.24, 2.45) is 0 Å². The molecule has 0 saturated carbocycles. The normalized spacial score (nSPS) is 11.4. The molecule has 108 valence electrons. The molecule has 0 aromatic carbocycles. The Morgan fingerprint density at radius 1 is 1.05 bits per heavy atom. The minimum Gasteiger partial charge on any atom is -0.339 e. The van der Waals surface area contributed by atoms with Gasteiger partial charge < -0.3 is 4.98 Å². The third-order valence-corrected chi connectivity index (χ3v) is 3.81. The van der Waals surface area contributed by atoms with E-state index in [4.69, 9.17) is 0 Å². The molecule has 0 spiro atoms. The Balaban J connectivity index is 1.95. The molecule has 4 rings (SSSR count). The number of aromatic nitrogens is 4. The summed E-state index contributed by atoms with van der Waals surface area (Å²) in [5, 5.41) is 2.07. The van der Waals surface area contributed by atoms with Crippen molar-refractivity contribution >= 4 is 21.9 Å². The molecule has 22 heavy (non-hydrogen) atoms. The second-order valence-electron chi connectivity index (χ2n) is 5.12. The molecule has 0 atom stereocenters. The van der Waals surface area contributed by atoms with Crippen LogP contribution in [0.1, 0.15) is 12.6 Å². The lowest BCUT2D eigenvalue weighted by atomic mass is 10.1. The average molecular weight is 292 g/mol. The van der Waals surface area contributed by atoms with Gasteiger partial charge in [-0.3, -0.25) is 4.98 Å². The molecule has 0 amide bonds. The van der Waals surface area contributed by atoms with E-state index in [9.17, 15) is 4.39 Å². The second kappa shape index (κ2) is 4.87. The molecule has 1 N–H and O–H groups in total. The van der Waals surface area contributed by atoms with E-state index in [1.165, 1.54) is 6.07 Å². The van der Waals surface area contributed by atoms with Gasteiger partial charge in [0.2, 0.25) is 5.95 Å². The topological polar surface area (TPSA) is 54.5 Å². The maximum atomic E-state index is 13.3. The van der Waals surface area contributed by atoms with Gasteiger partial charge in [0.05, 0.1) is 16.9 Å². The molecule has 0 aliphatic rings. The van der Waals surface area contributed by atoms with Gasteiger partial charge in [-0.2, -0.15) is 4.39 Å². The second-order valence-corrected chi connectivity index (χ2v) is 5.12. The summed E-state index contributed by atoms with van der Waals surface area (Å²) in [5.74, 6) is -0.460. The van der Waals surface area contributed by atoms with Gasteiger partial charge in [-0.25, -0.2) is 9.97 Å². The highest BCUT2D eigenvalue weighted by molar-refractivity contribution is 6.05. The van der Waals surface area contributed by atoms with Crippen LogP contribution in [0.3, 0.4) is 0 Å². The Hall–Kier alpha value is -2.82. The predicted molar refractivity (Wildman–Crippen MR) is 84.0 cm³/mol. The number of hydrogen-bond acceptors (Lipinski definition) is 3. The highest BCUT2D eigenvalue weighted by Crippen LogP contribution is 2.27. The van der Waals surface area contributed by atoms with E-state index in [0.29, 0.717) is 12.1 Å². The molecule has 4 heterocycles. The van der Waals surface area contributed by atoms with Crippen LogP contribution in [0.5, 0.6) is 0 Å². The van der Waals surface area contributed by atoms with Crippen molar-refractivity contribution in [3.05, 3.63) is 54.4 Å². The third-order valence-electron chi connectivity index (χ3n) is 3.81. The summed E-state index contributed by atoms with van der Waals surface area (Å²) in [5.41, 5.74) is 4.16. The van der Waals surface area contributed by atoms with E-state index in [-0.39, 0.29) is 0 Å². The van der Waals surface area contributed by atoms with Crippen molar-refractivity contribution in [2.45, 2.75) is 13.3 Å². The first-order chi connectivity index (χ1) is 10.8. The Kier molecular flexibility index (Phi) is 2.85. The minimum atomic E-state index is -0.460. The van der Waals surface area contributed by atoms with Gasteiger partial charge in [0.1, 0.15) is 5.65 Å². The Bertz CT molecular complexity index is 990. The standard InChI is InChI=1S/C17H13FN4/c1-2-13-11(4-6-16(18)20-13)14-5-3-10-12-9-19-8-7-15(12)22-17(10)21-14/h3-9H,2H2,1H3,(H,21,22). The first kappa shape index (κ1) is 12.9. The fraction of sp³-hybridized carbons (Fsp3) is 0.118. The smallest absolute Gasteiger partial charge is 0.213 e. The number of aromatic amines is 1. The number of nitrogens with zero attached hydrogens (tertiary/aromatic N) is 3. The maximum absolute atomic E-state index is 13.3. The van der Waals surface area contributed by atoms with Gasteiger partial charge in [0.15, 0.2) is 0 Å². The van der Waals surface area contributed by atoms with Crippen molar-refractivity contribution in [3.63, 3.8) is 0 Å². The SMILES string of the molecule is CCc1nc(F)ccc1-c1ccc2c(n1)[nH]c1ccncc12. The highest BCUT2D eigenvalue weighted by atomic mass is 19.1. The Morgan fingerprint density at radius 2 is 1.95 bits per heavy atom. The summed E-state index contributed by atoms with van der Waals surface area (Å²) < 4.78 is 13.3. The number of pyridine rings is 3. The van der Waals surface area contributed by atoms with Crippen LogP contribution in [0.4, 0.5) is 4.39 Å². The van der Waals surface area contributed by atoms with Crippen LogP contribution >= 0.6 is 0 Å². The van der Waals surface area contributed by atoms with Crippen LogP contribution in [0, 0.1) is 5.95 Å². The number of hydrogen-bond donors (Lipinski definition) is 1. The van der Waals surface area contributed by atoms with Gasteiger partial charge in [-0.15, -0.1) is 0 Å². The van der Waals surface area contributed by atoms with Crippen molar-refractivity contribution in [2.75, 3.05) is 0 Å². The zero-order chi connectivity index (χ0) is 15.1. The largest absolute Gasteiger partial charge is 0.339 e. The molecule has 4 nitrogen and oxygen atoms in total. The lowest BCUT2D eigenvalue weighted by Gasteiger charge is -2.06. The first-order valence-electron chi connectivity index (χ1n) is 7.14. The fourth-order valence-electron chi connectivity index (χ4n) is 2.74. The summed E-state index contributed by atoms with van der Waals surface area (Å²) in [4.78, 5) is 16.1. The number of rotatable bonds is 2. The van der Waals surface area contributed by atoms with Crippen LogP contribution in [0.2, 0.25) is 0 Å². The molecular weight excluding hydrogens is 279 g/mol. The molecule has 0 aliphatic carbocycles. The van der Waals surface area contributed by atoms with Gasteiger partial charge in [-0.1, -0.05) is 6.92 Å². The summed E-state index contributed by atoms with van der Waals surface area (Å²) in [6.07, 6.45) is 4.23. The van der Waals surface area contributed by atoms with Gasteiger partial charge in [0.25, 0.3) is 0 Å². The van der Waals surface area contributed by atoms with Gasteiger partial charge in [-0.05, 0) is 36.8 Å². The molecule has 4 aromatic rings. The summed E-state index contributed by atoms with van der Waals surface area (Å²) in [6, 6.07) is 8.99. The molecule has 5 heteroatoms. The van der Waals surface area contributed by atoms with Crippen LogP contribution in [-0.2, 0) is 6.42 Å². The van der Waals surface area contributed by atoms with E-state index in [2.05, 4.69) is 19.9 Å². The van der Waals surface area contributed by atoms with Gasteiger partial charge >= 0.3 is 0 Å². The quantitative estimate of drug-likeness (QED) is 0.570. The van der Waals surface area contributed by atoms with Crippen LogP contribution in [-0.4, -0.2) is 19.9 Å². The van der Waals surface area contributed by atoms with Crippen LogP contribution in [0.25, 0.3) is 33.2 Å². The van der Waals surface area contributed by atoms with Gasteiger partial charge in [0, 0.05) is 28.7 Å². The van der Waals surface area contributed by atoms with Crippen molar-refractivity contribution in [1.82, 2.24) is 19.9 Å². The van der Waals surface area contributed by atoms with E-state index >= 15 is 0 Å². The zero-order valence-electron chi connectivity index (χ0n) is 12.0. The van der Waals surface area contributed by atoms with E-state index in [1.54, 1.807) is 12.3 Å². The summed E-state index contributed by atoms with van der Waals surface area (Å²) in [7, 11) is 0. The maximum Gasteiger partial charge on any atom is 0.213 e. The lowest BCUT2D eigenvalue weighted by molar-refractivity contribution is 0.578. The summed E-state index contributed by atoms with van der Waals surface area (Å²) in [6.45, 7) is 1.96. The number of nitrogens with one attached hydrogen (secondary N) is 1. The van der Waals surface area contributed by atoms with Crippen LogP contribution < -0.4 is 0 Å². The Labute approximate surface area is 126 Å². The average Bonchev–Trinajstić information content (AvgIpc) is 2.92. The molecule has 4 aromatic heterocycles. The molecule has 0 bridgehead atoms. The van der Waals surface area contributed by atoms with E-state index < -0.39 is 5.95 Å². The number of aryl methyl sites for hydroxylation is 1. The number of H-pyrrole nitrogens is 1. The molecule has 0 aliphatic heterocycles. The van der Waals surface area contributed by atoms with Crippen LogP contribution in [0.15, 0.2) is 42.7 Å². The third kappa shape index (κ3) is 1.94. The number of fused-ring (bicyclic) bond motifs is 3.